The molecule has 1 aliphatic heterocycles. The predicted molar refractivity (Wildman–Crippen MR) is 101 cm³/mol. The highest BCUT2D eigenvalue weighted by Crippen LogP contribution is 2.33. The Morgan fingerprint density at radius 2 is 2.16 bits per heavy atom. The van der Waals surface area contributed by atoms with Crippen LogP contribution in [0.15, 0.2) is 35.4 Å². The van der Waals surface area contributed by atoms with E-state index in [0.29, 0.717) is 4.91 Å². The Balaban J connectivity index is 1.97. The molecule has 3 rings (SSSR count). The van der Waals surface area contributed by atoms with Crippen LogP contribution >= 0.6 is 24.0 Å². The van der Waals surface area contributed by atoms with Crippen LogP contribution in [0.3, 0.4) is 0 Å². The minimum atomic E-state index is -1.09. The lowest BCUT2D eigenvalue weighted by atomic mass is 10.2. The number of aromatic nitrogens is 2. The molecule has 2 aromatic heterocycles. The normalized spacial score (nSPS) is 16.1. The topological polar surface area (TPSA) is 75.4 Å². The fraction of sp³-hybridized carbons (Fsp3) is 0.176. The van der Waals surface area contributed by atoms with Gasteiger partial charge in [-0.1, -0.05) is 30.0 Å². The number of pyridine rings is 1. The molecule has 0 saturated carbocycles. The number of carboxylic acid groups (broad SMARTS) is 1. The summed E-state index contributed by atoms with van der Waals surface area (Å²) < 4.78 is 2.27. The highest BCUT2D eigenvalue weighted by Gasteiger charge is 2.33. The molecular formula is C17H15N3O3S2. The number of hydrogen-bond acceptors (Lipinski definition) is 5. The van der Waals surface area contributed by atoms with Gasteiger partial charge >= 0.3 is 5.97 Å². The molecule has 128 valence electrons. The van der Waals surface area contributed by atoms with Gasteiger partial charge in [-0.05, 0) is 43.7 Å². The number of hydrogen-bond donors (Lipinski definition) is 1. The third kappa shape index (κ3) is 3.35. The second kappa shape index (κ2) is 6.81. The van der Waals surface area contributed by atoms with Crippen molar-refractivity contribution in [1.29, 1.82) is 0 Å². The standard InChI is InChI=1S/C17H15N3O3S2/c1-10-7-12(11(2)20(10)14-5-3-4-6-18-14)8-13-16(23)19(9-15(21)22)17(24)25-13/h3-8H,9H2,1-2H3,(H,21,22)/b13-8+. The maximum Gasteiger partial charge on any atom is 0.323 e. The Kier molecular flexibility index (Phi) is 4.73. The molecule has 25 heavy (non-hydrogen) atoms. The van der Waals surface area contributed by atoms with Gasteiger partial charge in [0.1, 0.15) is 16.7 Å². The first-order valence-corrected chi connectivity index (χ1v) is 8.68. The van der Waals surface area contributed by atoms with Crippen LogP contribution in [-0.2, 0) is 9.59 Å². The highest BCUT2D eigenvalue weighted by atomic mass is 32.2. The van der Waals surface area contributed by atoms with Gasteiger partial charge in [0, 0.05) is 17.6 Å². The Morgan fingerprint density at radius 1 is 1.40 bits per heavy atom. The molecule has 6 nitrogen and oxygen atoms in total. The van der Waals surface area contributed by atoms with Crippen molar-refractivity contribution in [2.75, 3.05) is 6.54 Å². The van der Waals surface area contributed by atoms with Crippen molar-refractivity contribution in [1.82, 2.24) is 14.5 Å². The lowest BCUT2D eigenvalue weighted by Gasteiger charge is -2.10. The zero-order chi connectivity index (χ0) is 18.1. The fourth-order valence-electron chi connectivity index (χ4n) is 2.69. The molecule has 1 N–H and O–H groups in total. The van der Waals surface area contributed by atoms with E-state index in [4.69, 9.17) is 17.3 Å². The summed E-state index contributed by atoms with van der Waals surface area (Å²) in [5.41, 5.74) is 2.81. The Bertz CT molecular complexity index is 903. The minimum absolute atomic E-state index is 0.261. The summed E-state index contributed by atoms with van der Waals surface area (Å²) in [6, 6.07) is 7.65. The number of thiocarbonyl (C=S) groups is 1. The van der Waals surface area contributed by atoms with Gasteiger partial charge in [0.25, 0.3) is 5.91 Å². The van der Waals surface area contributed by atoms with E-state index in [1.54, 1.807) is 12.3 Å². The highest BCUT2D eigenvalue weighted by molar-refractivity contribution is 8.26. The zero-order valence-corrected chi connectivity index (χ0v) is 15.2. The summed E-state index contributed by atoms with van der Waals surface area (Å²) in [5.74, 6) is -0.665. The van der Waals surface area contributed by atoms with Crippen LogP contribution in [-0.4, -0.2) is 42.3 Å². The van der Waals surface area contributed by atoms with Crippen LogP contribution in [0.25, 0.3) is 11.9 Å². The number of carboxylic acids is 1. The number of aliphatic carboxylic acids is 1. The van der Waals surface area contributed by atoms with Gasteiger partial charge in [-0.25, -0.2) is 4.98 Å². The number of thioether (sulfide) groups is 1. The van der Waals surface area contributed by atoms with E-state index in [2.05, 4.69) is 4.98 Å². The maximum absolute atomic E-state index is 12.4. The Labute approximate surface area is 154 Å². The van der Waals surface area contributed by atoms with Gasteiger partial charge in [-0.2, -0.15) is 0 Å². The number of carbonyl (C=O) groups excluding carboxylic acids is 1. The number of aryl methyl sites for hydroxylation is 1. The van der Waals surface area contributed by atoms with Gasteiger partial charge in [-0.3, -0.25) is 14.5 Å². The molecule has 1 amide bonds. The number of amides is 1. The SMILES string of the molecule is Cc1cc(/C=C2/SC(=S)N(CC(=O)O)C2=O)c(C)n1-c1ccccn1. The largest absolute Gasteiger partial charge is 0.480 e. The summed E-state index contributed by atoms with van der Waals surface area (Å²) in [5, 5.41) is 8.90. The van der Waals surface area contributed by atoms with Gasteiger partial charge < -0.3 is 9.67 Å². The van der Waals surface area contributed by atoms with Crippen molar-refractivity contribution in [3.8, 4) is 5.82 Å². The average molecular weight is 373 g/mol. The summed E-state index contributed by atoms with van der Waals surface area (Å²) in [6.07, 6.45) is 3.48. The second-order valence-corrected chi connectivity index (χ2v) is 7.19. The molecule has 0 aliphatic carbocycles. The molecule has 0 atom stereocenters. The first kappa shape index (κ1) is 17.4. The summed E-state index contributed by atoms with van der Waals surface area (Å²) in [4.78, 5) is 29.2. The Hall–Kier alpha value is -2.45. The molecule has 1 saturated heterocycles. The van der Waals surface area contributed by atoms with Crippen LogP contribution < -0.4 is 0 Å². The molecule has 1 aliphatic rings. The number of nitrogens with zero attached hydrogens (tertiary/aromatic N) is 3. The van der Waals surface area contributed by atoms with Crippen LogP contribution in [0, 0.1) is 13.8 Å². The van der Waals surface area contributed by atoms with Crippen molar-refractivity contribution in [2.24, 2.45) is 0 Å². The smallest absolute Gasteiger partial charge is 0.323 e. The molecule has 0 aromatic carbocycles. The fourth-order valence-corrected chi connectivity index (χ4v) is 3.93. The lowest BCUT2D eigenvalue weighted by Crippen LogP contribution is -2.33. The lowest BCUT2D eigenvalue weighted by molar-refractivity contribution is -0.140. The van der Waals surface area contributed by atoms with Crippen LogP contribution in [0.5, 0.6) is 0 Å². The number of carbonyl (C=O) groups is 2. The van der Waals surface area contributed by atoms with Crippen LogP contribution in [0.4, 0.5) is 0 Å². The molecule has 0 bridgehead atoms. The molecule has 8 heteroatoms. The van der Waals surface area contributed by atoms with E-state index < -0.39 is 12.5 Å². The van der Waals surface area contributed by atoms with E-state index in [1.807, 2.05) is 42.7 Å². The summed E-state index contributed by atoms with van der Waals surface area (Å²) in [7, 11) is 0. The van der Waals surface area contributed by atoms with E-state index in [9.17, 15) is 9.59 Å². The monoisotopic (exact) mass is 373 g/mol. The number of rotatable bonds is 4. The van der Waals surface area contributed by atoms with Gasteiger partial charge in [0.15, 0.2) is 0 Å². The summed E-state index contributed by atoms with van der Waals surface area (Å²) in [6.45, 7) is 3.50. The van der Waals surface area contributed by atoms with E-state index in [1.165, 1.54) is 0 Å². The van der Waals surface area contributed by atoms with Gasteiger partial charge in [0.05, 0.1) is 4.91 Å². The van der Waals surface area contributed by atoms with Gasteiger partial charge in [0.2, 0.25) is 0 Å². The molecule has 2 aromatic rings. The van der Waals surface area contributed by atoms with Crippen molar-refractivity contribution in [3.63, 3.8) is 0 Å². The van der Waals surface area contributed by atoms with E-state index in [-0.39, 0.29) is 10.2 Å². The maximum atomic E-state index is 12.4. The van der Waals surface area contributed by atoms with Crippen LogP contribution in [0.2, 0.25) is 0 Å². The third-order valence-corrected chi connectivity index (χ3v) is 5.18. The third-order valence-electron chi connectivity index (χ3n) is 3.80. The zero-order valence-electron chi connectivity index (χ0n) is 13.6. The van der Waals surface area contributed by atoms with E-state index >= 15 is 0 Å². The Morgan fingerprint density at radius 3 is 2.80 bits per heavy atom. The molecule has 3 heterocycles. The molecule has 0 spiro atoms. The molecule has 1 fully saturated rings. The summed E-state index contributed by atoms with van der Waals surface area (Å²) >= 11 is 6.24. The van der Waals surface area contributed by atoms with Crippen molar-refractivity contribution in [3.05, 3.63) is 52.3 Å². The molecular weight excluding hydrogens is 358 g/mol. The first-order valence-electron chi connectivity index (χ1n) is 7.46. The predicted octanol–water partition coefficient (Wildman–Crippen LogP) is 2.77. The van der Waals surface area contributed by atoms with Crippen LogP contribution in [0.1, 0.15) is 17.0 Å². The minimum Gasteiger partial charge on any atom is -0.480 e. The van der Waals surface area contributed by atoms with E-state index in [0.717, 1.165) is 39.4 Å². The second-order valence-electron chi connectivity index (χ2n) is 5.51. The van der Waals surface area contributed by atoms with Crippen molar-refractivity contribution < 1.29 is 14.7 Å². The quantitative estimate of drug-likeness (QED) is 0.656. The average Bonchev–Trinajstić information content (AvgIpc) is 2.99. The first-order chi connectivity index (χ1) is 11.9. The van der Waals surface area contributed by atoms with Gasteiger partial charge in [-0.15, -0.1) is 0 Å². The van der Waals surface area contributed by atoms with Crippen molar-refractivity contribution in [2.45, 2.75) is 13.8 Å². The van der Waals surface area contributed by atoms with Crippen molar-refractivity contribution >= 4 is 46.3 Å². The molecule has 0 radical (unpaired) electrons. The molecule has 0 unspecified atom stereocenters.